The first-order valence-electron chi connectivity index (χ1n) is 12.8. The van der Waals surface area contributed by atoms with Crippen molar-refractivity contribution in [3.05, 3.63) is 126 Å². The molecule has 186 valence electrons. The summed E-state index contributed by atoms with van der Waals surface area (Å²) in [4.78, 5) is 7.06. The van der Waals surface area contributed by atoms with Crippen LogP contribution >= 0.6 is 11.8 Å². The Morgan fingerprint density at radius 3 is 2.17 bits per heavy atom. The van der Waals surface area contributed by atoms with E-state index >= 15 is 0 Å². The summed E-state index contributed by atoms with van der Waals surface area (Å²) in [6.07, 6.45) is 4.19. The highest BCUT2D eigenvalue weighted by atomic mass is 32.2. The van der Waals surface area contributed by atoms with Crippen molar-refractivity contribution in [1.29, 1.82) is 0 Å². The maximum atomic E-state index is 12.0. The molecule has 0 aliphatic carbocycles. The SMILES string of the molecule is CCC1CCN(Cc2cnc(C(O)(c3ccccc3)c3ccccc3)o2)CC1SCc1ccccc1. The Morgan fingerprint density at radius 2 is 1.56 bits per heavy atom. The maximum absolute atomic E-state index is 12.0. The molecule has 5 rings (SSSR count). The highest BCUT2D eigenvalue weighted by Gasteiger charge is 2.39. The fourth-order valence-electron chi connectivity index (χ4n) is 5.15. The van der Waals surface area contributed by atoms with Gasteiger partial charge >= 0.3 is 0 Å². The van der Waals surface area contributed by atoms with Crippen LogP contribution in [0.25, 0.3) is 0 Å². The molecule has 4 aromatic rings. The number of benzene rings is 3. The molecule has 0 spiro atoms. The molecule has 1 aliphatic heterocycles. The number of aromatic nitrogens is 1. The topological polar surface area (TPSA) is 49.5 Å². The van der Waals surface area contributed by atoms with Gasteiger partial charge in [-0.2, -0.15) is 11.8 Å². The van der Waals surface area contributed by atoms with Crippen LogP contribution in [0.15, 0.2) is 102 Å². The average molecular weight is 499 g/mol. The second-order valence-corrected chi connectivity index (χ2v) is 10.8. The third kappa shape index (κ3) is 5.44. The lowest BCUT2D eigenvalue weighted by Crippen LogP contribution is -2.41. The van der Waals surface area contributed by atoms with E-state index in [-0.39, 0.29) is 0 Å². The molecule has 0 saturated carbocycles. The maximum Gasteiger partial charge on any atom is 0.236 e. The monoisotopic (exact) mass is 498 g/mol. The summed E-state index contributed by atoms with van der Waals surface area (Å²) >= 11 is 2.07. The first kappa shape index (κ1) is 24.8. The Bertz CT molecular complexity index is 1170. The largest absolute Gasteiger partial charge is 0.441 e. The summed E-state index contributed by atoms with van der Waals surface area (Å²) < 4.78 is 6.27. The quantitative estimate of drug-likeness (QED) is 0.286. The smallest absolute Gasteiger partial charge is 0.236 e. The van der Waals surface area contributed by atoms with Gasteiger partial charge in [-0.1, -0.05) is 104 Å². The fraction of sp³-hybridized carbons (Fsp3) is 0.323. The molecule has 5 heteroatoms. The second kappa shape index (κ2) is 11.5. The van der Waals surface area contributed by atoms with Crippen LogP contribution in [0.3, 0.4) is 0 Å². The first-order valence-corrected chi connectivity index (χ1v) is 13.9. The zero-order valence-corrected chi connectivity index (χ0v) is 21.6. The lowest BCUT2D eigenvalue weighted by atomic mass is 9.86. The average Bonchev–Trinajstić information content (AvgIpc) is 3.42. The second-order valence-electron chi connectivity index (χ2n) is 9.60. The Kier molecular flexibility index (Phi) is 7.90. The van der Waals surface area contributed by atoms with Gasteiger partial charge in [-0.3, -0.25) is 4.90 Å². The molecule has 0 radical (unpaired) electrons. The van der Waals surface area contributed by atoms with Crippen LogP contribution in [-0.2, 0) is 17.9 Å². The van der Waals surface area contributed by atoms with E-state index in [0.717, 1.165) is 41.6 Å². The number of hydrogen-bond donors (Lipinski definition) is 1. The van der Waals surface area contributed by atoms with Crippen LogP contribution in [0.5, 0.6) is 0 Å². The molecule has 1 aliphatic rings. The Morgan fingerprint density at radius 1 is 0.944 bits per heavy atom. The summed E-state index contributed by atoms with van der Waals surface area (Å²) in [5.41, 5.74) is 1.43. The first-order chi connectivity index (χ1) is 17.7. The Balaban J connectivity index is 1.32. The van der Waals surface area contributed by atoms with E-state index in [1.807, 2.05) is 60.7 Å². The van der Waals surface area contributed by atoms with Crippen molar-refractivity contribution in [2.45, 2.75) is 42.9 Å². The van der Waals surface area contributed by atoms with Crippen LogP contribution in [-0.4, -0.2) is 33.3 Å². The van der Waals surface area contributed by atoms with Crippen LogP contribution in [0, 0.1) is 5.92 Å². The minimum atomic E-state index is -1.44. The van der Waals surface area contributed by atoms with Gasteiger partial charge in [0.15, 0.2) is 5.60 Å². The van der Waals surface area contributed by atoms with E-state index in [1.54, 1.807) is 6.20 Å². The highest BCUT2D eigenvalue weighted by Crippen LogP contribution is 2.37. The number of nitrogens with zero attached hydrogens (tertiary/aromatic N) is 2. The molecule has 0 amide bonds. The number of oxazole rings is 1. The predicted octanol–water partition coefficient (Wildman–Crippen LogP) is 6.49. The van der Waals surface area contributed by atoms with E-state index in [4.69, 9.17) is 4.42 Å². The summed E-state index contributed by atoms with van der Waals surface area (Å²) in [5, 5.41) is 12.6. The van der Waals surface area contributed by atoms with Gasteiger partial charge in [0.25, 0.3) is 0 Å². The number of aliphatic hydroxyl groups is 1. The Hall–Kier alpha value is -2.86. The molecule has 4 nitrogen and oxygen atoms in total. The van der Waals surface area contributed by atoms with Crippen LogP contribution in [0.2, 0.25) is 0 Å². The number of piperidine rings is 1. The van der Waals surface area contributed by atoms with Gasteiger partial charge in [0.1, 0.15) is 5.76 Å². The number of hydrogen-bond acceptors (Lipinski definition) is 5. The molecule has 0 bridgehead atoms. The van der Waals surface area contributed by atoms with Crippen molar-refractivity contribution < 1.29 is 9.52 Å². The summed E-state index contributed by atoms with van der Waals surface area (Å²) in [6, 6.07) is 30.0. The van der Waals surface area contributed by atoms with Gasteiger partial charge in [0.2, 0.25) is 5.89 Å². The standard InChI is InChI=1S/C31H34N2O2S/c1-2-25-18-19-33(22-29(25)36-23-24-12-6-3-7-13-24)21-28-20-32-30(35-28)31(34,26-14-8-4-9-15-26)27-16-10-5-11-17-27/h3-17,20,25,29,34H,2,18-19,21-23H2,1H3. The summed E-state index contributed by atoms with van der Waals surface area (Å²) in [7, 11) is 0. The van der Waals surface area contributed by atoms with E-state index in [2.05, 4.69) is 58.9 Å². The van der Waals surface area contributed by atoms with E-state index in [9.17, 15) is 5.11 Å². The molecular formula is C31H34N2O2S. The van der Waals surface area contributed by atoms with Crippen LogP contribution in [0.4, 0.5) is 0 Å². The minimum Gasteiger partial charge on any atom is -0.441 e. The molecular weight excluding hydrogens is 464 g/mol. The minimum absolute atomic E-state index is 0.313. The zero-order chi connectivity index (χ0) is 24.8. The third-order valence-electron chi connectivity index (χ3n) is 7.24. The van der Waals surface area contributed by atoms with Crippen molar-refractivity contribution in [2.75, 3.05) is 13.1 Å². The molecule has 36 heavy (non-hydrogen) atoms. The van der Waals surface area contributed by atoms with Crippen molar-refractivity contribution in [3.63, 3.8) is 0 Å². The molecule has 1 saturated heterocycles. The van der Waals surface area contributed by atoms with Crippen molar-refractivity contribution in [3.8, 4) is 0 Å². The molecule has 2 atom stereocenters. The van der Waals surface area contributed by atoms with Crippen LogP contribution < -0.4 is 0 Å². The number of thioether (sulfide) groups is 1. The molecule has 1 N–H and O–H groups in total. The fourth-order valence-corrected chi connectivity index (χ4v) is 6.66. The predicted molar refractivity (Wildman–Crippen MR) is 147 cm³/mol. The molecule has 1 fully saturated rings. The van der Waals surface area contributed by atoms with E-state index in [1.165, 1.54) is 18.4 Å². The Labute approximate surface area is 218 Å². The van der Waals surface area contributed by atoms with Gasteiger partial charge < -0.3 is 9.52 Å². The third-order valence-corrected chi connectivity index (χ3v) is 8.70. The van der Waals surface area contributed by atoms with Gasteiger partial charge in [-0.05, 0) is 35.6 Å². The van der Waals surface area contributed by atoms with Crippen molar-refractivity contribution >= 4 is 11.8 Å². The van der Waals surface area contributed by atoms with Gasteiger partial charge in [-0.15, -0.1) is 0 Å². The van der Waals surface area contributed by atoms with Crippen molar-refractivity contribution in [1.82, 2.24) is 9.88 Å². The van der Waals surface area contributed by atoms with Gasteiger partial charge in [-0.25, -0.2) is 4.98 Å². The van der Waals surface area contributed by atoms with Crippen molar-refractivity contribution in [2.24, 2.45) is 5.92 Å². The molecule has 3 aromatic carbocycles. The highest BCUT2D eigenvalue weighted by molar-refractivity contribution is 7.99. The molecule has 2 unspecified atom stereocenters. The van der Waals surface area contributed by atoms with Crippen LogP contribution in [0.1, 0.15) is 48.1 Å². The molecule has 2 heterocycles. The molecule has 1 aromatic heterocycles. The lowest BCUT2D eigenvalue weighted by molar-refractivity contribution is 0.0884. The van der Waals surface area contributed by atoms with E-state index in [0.29, 0.717) is 17.7 Å². The van der Waals surface area contributed by atoms with Gasteiger partial charge in [0, 0.05) is 17.5 Å². The normalized spacial score (nSPS) is 18.8. The van der Waals surface area contributed by atoms with Gasteiger partial charge in [0.05, 0.1) is 12.7 Å². The number of likely N-dealkylation sites (tertiary alicyclic amines) is 1. The van der Waals surface area contributed by atoms with E-state index < -0.39 is 5.60 Å². The summed E-state index contributed by atoms with van der Waals surface area (Å²) in [6.45, 7) is 5.10. The zero-order valence-electron chi connectivity index (χ0n) is 20.8. The lowest BCUT2D eigenvalue weighted by Gasteiger charge is -2.37. The number of rotatable bonds is 9. The summed E-state index contributed by atoms with van der Waals surface area (Å²) in [5.74, 6) is 2.88.